The van der Waals surface area contributed by atoms with Crippen molar-refractivity contribution in [3.05, 3.63) is 82.6 Å². The van der Waals surface area contributed by atoms with Crippen molar-refractivity contribution in [3.63, 3.8) is 0 Å². The van der Waals surface area contributed by atoms with E-state index in [4.69, 9.17) is 9.73 Å². The van der Waals surface area contributed by atoms with Crippen LogP contribution >= 0.6 is 0 Å². The summed E-state index contributed by atoms with van der Waals surface area (Å²) in [5.74, 6) is -0.891. The van der Waals surface area contributed by atoms with E-state index in [0.29, 0.717) is 17.7 Å². The summed E-state index contributed by atoms with van der Waals surface area (Å²) >= 11 is 0. The lowest BCUT2D eigenvalue weighted by Gasteiger charge is -2.38. The van der Waals surface area contributed by atoms with Crippen LogP contribution in [-0.4, -0.2) is 24.6 Å². The number of aliphatic imine (C=N–C) groups is 1. The van der Waals surface area contributed by atoms with Crippen molar-refractivity contribution in [2.75, 3.05) is 7.11 Å². The molecule has 29 heavy (non-hydrogen) atoms. The van der Waals surface area contributed by atoms with Gasteiger partial charge in [-0.3, -0.25) is 9.79 Å². The quantitative estimate of drug-likeness (QED) is 0.715. The minimum Gasteiger partial charge on any atom is -0.466 e. The molecule has 1 fully saturated rings. The van der Waals surface area contributed by atoms with E-state index < -0.39 is 11.9 Å². The standard InChI is InChI=1S/C25H25NO3/c1-15-9-11-18(12-10-15)23-22(25(28)29-3)16(2)26-20-13-19(14-21(27)24(20)23)17-7-5-4-6-8-17/h4-12,19,23-24H,13-14H2,1-3H3/t19-,23+,24?/m0/s1. The number of hydrogen-bond acceptors (Lipinski definition) is 4. The van der Waals surface area contributed by atoms with Gasteiger partial charge in [-0.15, -0.1) is 0 Å². The fourth-order valence-electron chi connectivity index (χ4n) is 4.65. The maximum Gasteiger partial charge on any atom is 0.336 e. The molecule has 2 aromatic carbocycles. The predicted octanol–water partition coefficient (Wildman–Crippen LogP) is 4.74. The molecule has 1 heterocycles. The van der Waals surface area contributed by atoms with Crippen LogP contribution in [0.3, 0.4) is 0 Å². The van der Waals surface area contributed by atoms with Gasteiger partial charge in [-0.25, -0.2) is 4.79 Å². The summed E-state index contributed by atoms with van der Waals surface area (Å²) in [4.78, 5) is 30.8. The zero-order valence-electron chi connectivity index (χ0n) is 17.0. The van der Waals surface area contributed by atoms with Crippen molar-refractivity contribution in [1.82, 2.24) is 0 Å². The van der Waals surface area contributed by atoms with E-state index in [1.165, 1.54) is 7.11 Å². The SMILES string of the molecule is COC(=O)C1=C(C)N=C2C[C@H](c3ccccc3)CC(=O)C2[C@@H]1c1ccc(C)cc1. The summed E-state index contributed by atoms with van der Waals surface area (Å²) in [6.45, 7) is 3.86. The zero-order valence-corrected chi connectivity index (χ0v) is 17.0. The van der Waals surface area contributed by atoms with Gasteiger partial charge in [-0.1, -0.05) is 60.2 Å². The molecule has 0 amide bonds. The molecule has 0 radical (unpaired) electrons. The van der Waals surface area contributed by atoms with Crippen LogP contribution in [-0.2, 0) is 14.3 Å². The molecule has 0 saturated heterocycles. The molecule has 148 valence electrons. The number of nitrogens with zero attached hydrogens (tertiary/aromatic N) is 1. The molecular weight excluding hydrogens is 362 g/mol. The molecule has 0 bridgehead atoms. The van der Waals surface area contributed by atoms with Crippen molar-refractivity contribution in [2.24, 2.45) is 10.9 Å². The molecule has 4 heteroatoms. The zero-order chi connectivity index (χ0) is 20.5. The van der Waals surface area contributed by atoms with Crippen LogP contribution in [0.4, 0.5) is 0 Å². The molecule has 2 aliphatic rings. The number of Topliss-reactive ketones (excluding diaryl/α,β-unsaturated/α-hetero) is 1. The summed E-state index contributed by atoms with van der Waals surface area (Å²) in [6, 6.07) is 18.2. The van der Waals surface area contributed by atoms with E-state index in [0.717, 1.165) is 28.8 Å². The molecule has 0 spiro atoms. The Hall–Kier alpha value is -3.01. The number of ketones is 1. The Labute approximate surface area is 171 Å². The molecule has 0 aromatic heterocycles. The number of aryl methyl sites for hydroxylation is 1. The minimum absolute atomic E-state index is 0.129. The van der Waals surface area contributed by atoms with E-state index in [9.17, 15) is 9.59 Å². The molecule has 4 rings (SSSR count). The molecule has 1 aliphatic heterocycles. The van der Waals surface area contributed by atoms with Gasteiger partial charge < -0.3 is 4.74 Å². The average molecular weight is 387 g/mol. The van der Waals surface area contributed by atoms with Crippen molar-refractivity contribution in [1.29, 1.82) is 0 Å². The Morgan fingerprint density at radius 2 is 1.62 bits per heavy atom. The Balaban J connectivity index is 1.80. The van der Waals surface area contributed by atoms with Crippen molar-refractivity contribution in [2.45, 2.75) is 38.5 Å². The lowest BCUT2D eigenvalue weighted by Crippen LogP contribution is -2.41. The van der Waals surface area contributed by atoms with Crippen LogP contribution < -0.4 is 0 Å². The van der Waals surface area contributed by atoms with Crippen LogP contribution in [0.25, 0.3) is 0 Å². The first-order chi connectivity index (χ1) is 14.0. The van der Waals surface area contributed by atoms with Crippen molar-refractivity contribution in [3.8, 4) is 0 Å². The highest BCUT2D eigenvalue weighted by Crippen LogP contribution is 2.45. The van der Waals surface area contributed by atoms with Gasteiger partial charge in [0.25, 0.3) is 0 Å². The molecule has 1 aliphatic carbocycles. The third-order valence-corrected chi connectivity index (χ3v) is 6.07. The molecule has 1 unspecified atom stereocenters. The summed E-state index contributed by atoms with van der Waals surface area (Å²) in [5, 5.41) is 0. The highest BCUT2D eigenvalue weighted by molar-refractivity contribution is 6.12. The first-order valence-electron chi connectivity index (χ1n) is 10.0. The van der Waals surface area contributed by atoms with Crippen LogP contribution in [0.5, 0.6) is 0 Å². The maximum absolute atomic E-state index is 13.4. The van der Waals surface area contributed by atoms with E-state index in [-0.39, 0.29) is 17.6 Å². The monoisotopic (exact) mass is 387 g/mol. The second-order valence-electron chi connectivity index (χ2n) is 7.94. The van der Waals surface area contributed by atoms with E-state index >= 15 is 0 Å². The second kappa shape index (κ2) is 7.78. The van der Waals surface area contributed by atoms with Gasteiger partial charge in [0, 0.05) is 23.7 Å². The molecule has 4 nitrogen and oxygen atoms in total. The number of ether oxygens (including phenoxy) is 1. The molecule has 0 N–H and O–H groups in total. The molecule has 1 saturated carbocycles. The smallest absolute Gasteiger partial charge is 0.336 e. The van der Waals surface area contributed by atoms with Crippen molar-refractivity contribution >= 4 is 17.5 Å². The molecular formula is C25H25NO3. The average Bonchev–Trinajstić information content (AvgIpc) is 2.73. The Bertz CT molecular complexity index is 1000. The van der Waals surface area contributed by atoms with Gasteiger partial charge >= 0.3 is 5.97 Å². The van der Waals surface area contributed by atoms with Gasteiger partial charge in [0.1, 0.15) is 5.78 Å². The van der Waals surface area contributed by atoms with Crippen LogP contribution in [0.1, 0.15) is 48.3 Å². The lowest BCUT2D eigenvalue weighted by molar-refractivity contribution is -0.136. The number of carbonyl (C=O) groups excluding carboxylic acids is 2. The summed E-state index contributed by atoms with van der Waals surface area (Å²) < 4.78 is 5.06. The van der Waals surface area contributed by atoms with E-state index in [1.807, 2.05) is 56.3 Å². The lowest BCUT2D eigenvalue weighted by atomic mass is 9.66. The highest BCUT2D eigenvalue weighted by Gasteiger charge is 2.45. The van der Waals surface area contributed by atoms with Gasteiger partial charge in [0.05, 0.1) is 18.6 Å². The number of hydrogen-bond donors (Lipinski definition) is 0. The number of rotatable bonds is 3. The van der Waals surface area contributed by atoms with Gasteiger partial charge in [-0.05, 0) is 37.3 Å². The first kappa shape index (κ1) is 19.3. The number of esters is 1. The minimum atomic E-state index is -0.408. The summed E-state index contributed by atoms with van der Waals surface area (Å²) in [6.07, 6.45) is 1.19. The predicted molar refractivity (Wildman–Crippen MR) is 113 cm³/mol. The first-order valence-corrected chi connectivity index (χ1v) is 10.0. The number of allylic oxidation sites excluding steroid dienone is 1. The summed E-state index contributed by atoms with van der Waals surface area (Å²) in [5.41, 5.74) is 5.28. The summed E-state index contributed by atoms with van der Waals surface area (Å²) in [7, 11) is 1.38. The van der Waals surface area contributed by atoms with Gasteiger partial charge in [0.15, 0.2) is 0 Å². The number of carbonyl (C=O) groups is 2. The van der Waals surface area contributed by atoms with Crippen LogP contribution in [0.2, 0.25) is 0 Å². The topological polar surface area (TPSA) is 55.7 Å². The van der Waals surface area contributed by atoms with E-state index in [2.05, 4.69) is 12.1 Å². The molecule has 2 aromatic rings. The van der Waals surface area contributed by atoms with Crippen LogP contribution in [0, 0.1) is 12.8 Å². The van der Waals surface area contributed by atoms with Crippen LogP contribution in [0.15, 0.2) is 70.9 Å². The Kier molecular flexibility index (Phi) is 5.18. The normalized spacial score (nSPS) is 24.0. The maximum atomic E-state index is 13.4. The Morgan fingerprint density at radius 3 is 2.28 bits per heavy atom. The highest BCUT2D eigenvalue weighted by atomic mass is 16.5. The fourth-order valence-corrected chi connectivity index (χ4v) is 4.65. The Morgan fingerprint density at radius 1 is 0.931 bits per heavy atom. The second-order valence-corrected chi connectivity index (χ2v) is 7.94. The fraction of sp³-hybridized carbons (Fsp3) is 0.320. The van der Waals surface area contributed by atoms with Crippen molar-refractivity contribution < 1.29 is 14.3 Å². The number of fused-ring (bicyclic) bond motifs is 1. The molecule has 3 atom stereocenters. The number of benzene rings is 2. The number of methoxy groups -OCH3 is 1. The van der Waals surface area contributed by atoms with E-state index in [1.54, 1.807) is 0 Å². The third-order valence-electron chi connectivity index (χ3n) is 6.07. The van der Waals surface area contributed by atoms with Gasteiger partial charge in [0.2, 0.25) is 0 Å². The van der Waals surface area contributed by atoms with Gasteiger partial charge in [-0.2, -0.15) is 0 Å². The largest absolute Gasteiger partial charge is 0.466 e. The third kappa shape index (κ3) is 3.55.